The molecule has 86 valence electrons. The van der Waals surface area contributed by atoms with Gasteiger partial charge in [0, 0.05) is 12.1 Å². The quantitative estimate of drug-likeness (QED) is 0.663. The van der Waals surface area contributed by atoms with Crippen molar-refractivity contribution in [3.63, 3.8) is 0 Å². The second kappa shape index (κ2) is 7.24. The molecule has 0 spiro atoms. The highest BCUT2D eigenvalue weighted by molar-refractivity contribution is 4.75. The van der Waals surface area contributed by atoms with Crippen LogP contribution in [0.25, 0.3) is 0 Å². The predicted octanol–water partition coefficient (Wildman–Crippen LogP) is 2.42. The second-order valence-electron chi connectivity index (χ2n) is 4.85. The zero-order chi connectivity index (χ0) is 11.1. The van der Waals surface area contributed by atoms with E-state index in [-0.39, 0.29) is 12.6 Å². The maximum Gasteiger partial charge on any atom is 0.0584 e. The molecule has 0 saturated heterocycles. The van der Waals surface area contributed by atoms with Crippen LogP contribution in [0.3, 0.4) is 0 Å². The van der Waals surface area contributed by atoms with Crippen LogP contribution in [0.2, 0.25) is 0 Å². The van der Waals surface area contributed by atoms with Crippen molar-refractivity contribution < 1.29 is 5.11 Å². The van der Waals surface area contributed by atoms with Gasteiger partial charge in [-0.15, -0.1) is 0 Å². The monoisotopic (exact) mass is 201 g/mol. The standard InChI is InChI=1S/C12H27NO/c1-6-10(4)11(5)13-12(8-14)7-9(2)3/h9-14H,6-8H2,1-5H3/t10-,11+,12-/m0/s1. The maximum absolute atomic E-state index is 9.22. The molecule has 2 heteroatoms. The molecule has 0 aliphatic rings. The van der Waals surface area contributed by atoms with Crippen molar-refractivity contribution in [2.24, 2.45) is 11.8 Å². The van der Waals surface area contributed by atoms with Gasteiger partial charge >= 0.3 is 0 Å². The fourth-order valence-corrected chi connectivity index (χ4v) is 1.65. The summed E-state index contributed by atoms with van der Waals surface area (Å²) in [6.07, 6.45) is 2.24. The van der Waals surface area contributed by atoms with E-state index in [1.54, 1.807) is 0 Å². The second-order valence-corrected chi connectivity index (χ2v) is 4.85. The van der Waals surface area contributed by atoms with E-state index >= 15 is 0 Å². The van der Waals surface area contributed by atoms with E-state index in [2.05, 4.69) is 39.9 Å². The summed E-state index contributed by atoms with van der Waals surface area (Å²) in [4.78, 5) is 0. The van der Waals surface area contributed by atoms with Crippen LogP contribution < -0.4 is 5.32 Å². The topological polar surface area (TPSA) is 32.3 Å². The molecule has 0 heterocycles. The van der Waals surface area contributed by atoms with Crippen molar-refractivity contribution in [2.45, 2.75) is 59.5 Å². The summed E-state index contributed by atoms with van der Waals surface area (Å²) in [5, 5.41) is 12.7. The highest BCUT2D eigenvalue weighted by Crippen LogP contribution is 2.10. The number of rotatable bonds is 7. The molecule has 0 aliphatic carbocycles. The number of aliphatic hydroxyl groups excluding tert-OH is 1. The molecule has 0 aromatic rings. The first-order valence-electron chi connectivity index (χ1n) is 5.88. The molecular formula is C12H27NO. The Bertz CT molecular complexity index is 136. The third-order valence-electron chi connectivity index (χ3n) is 2.97. The summed E-state index contributed by atoms with van der Waals surface area (Å²) in [5.41, 5.74) is 0. The molecule has 0 rings (SSSR count). The van der Waals surface area contributed by atoms with Gasteiger partial charge < -0.3 is 10.4 Å². The van der Waals surface area contributed by atoms with Crippen LogP contribution >= 0.6 is 0 Å². The lowest BCUT2D eigenvalue weighted by Gasteiger charge is -2.26. The van der Waals surface area contributed by atoms with Crippen molar-refractivity contribution in [3.8, 4) is 0 Å². The fraction of sp³-hybridized carbons (Fsp3) is 1.00. The van der Waals surface area contributed by atoms with Gasteiger partial charge in [-0.1, -0.05) is 34.1 Å². The van der Waals surface area contributed by atoms with Gasteiger partial charge in [0.1, 0.15) is 0 Å². The smallest absolute Gasteiger partial charge is 0.0584 e. The number of aliphatic hydroxyl groups is 1. The van der Waals surface area contributed by atoms with Gasteiger partial charge in [-0.3, -0.25) is 0 Å². The first kappa shape index (κ1) is 13.9. The Hall–Kier alpha value is -0.0800. The van der Waals surface area contributed by atoms with Crippen molar-refractivity contribution in [1.82, 2.24) is 5.32 Å². The van der Waals surface area contributed by atoms with Crippen molar-refractivity contribution >= 4 is 0 Å². The van der Waals surface area contributed by atoms with Gasteiger partial charge in [-0.25, -0.2) is 0 Å². The van der Waals surface area contributed by atoms with Gasteiger partial charge in [-0.2, -0.15) is 0 Å². The number of hydrogen-bond acceptors (Lipinski definition) is 2. The molecule has 3 atom stereocenters. The zero-order valence-corrected chi connectivity index (χ0v) is 10.4. The Morgan fingerprint density at radius 2 is 1.71 bits per heavy atom. The summed E-state index contributed by atoms with van der Waals surface area (Å²) >= 11 is 0. The molecule has 0 aromatic carbocycles. The van der Waals surface area contributed by atoms with Crippen molar-refractivity contribution in [1.29, 1.82) is 0 Å². The Kier molecular flexibility index (Phi) is 7.20. The summed E-state index contributed by atoms with van der Waals surface area (Å²) in [6.45, 7) is 11.3. The molecule has 0 aromatic heterocycles. The Balaban J connectivity index is 3.91. The molecule has 0 unspecified atom stereocenters. The van der Waals surface area contributed by atoms with Gasteiger partial charge in [-0.05, 0) is 25.2 Å². The third-order valence-corrected chi connectivity index (χ3v) is 2.97. The zero-order valence-electron chi connectivity index (χ0n) is 10.4. The lowest BCUT2D eigenvalue weighted by Crippen LogP contribution is -2.42. The maximum atomic E-state index is 9.22. The summed E-state index contributed by atoms with van der Waals surface area (Å²) < 4.78 is 0. The van der Waals surface area contributed by atoms with Gasteiger partial charge in [0.05, 0.1) is 6.61 Å². The van der Waals surface area contributed by atoms with E-state index in [0.29, 0.717) is 17.9 Å². The molecule has 0 fully saturated rings. The minimum Gasteiger partial charge on any atom is -0.395 e. The van der Waals surface area contributed by atoms with Crippen LogP contribution in [0.4, 0.5) is 0 Å². The van der Waals surface area contributed by atoms with Crippen LogP contribution in [-0.2, 0) is 0 Å². The molecule has 2 N–H and O–H groups in total. The van der Waals surface area contributed by atoms with E-state index in [0.717, 1.165) is 6.42 Å². The first-order valence-corrected chi connectivity index (χ1v) is 5.88. The number of hydrogen-bond donors (Lipinski definition) is 2. The SMILES string of the molecule is CC[C@H](C)[C@@H](C)N[C@H](CO)CC(C)C. The molecule has 0 amide bonds. The molecular weight excluding hydrogens is 174 g/mol. The van der Waals surface area contributed by atoms with Crippen molar-refractivity contribution in [2.75, 3.05) is 6.61 Å². The van der Waals surface area contributed by atoms with E-state index in [1.165, 1.54) is 6.42 Å². The predicted molar refractivity (Wildman–Crippen MR) is 62.4 cm³/mol. The highest BCUT2D eigenvalue weighted by Gasteiger charge is 2.15. The lowest BCUT2D eigenvalue weighted by atomic mass is 9.98. The van der Waals surface area contributed by atoms with Crippen LogP contribution in [-0.4, -0.2) is 23.8 Å². The van der Waals surface area contributed by atoms with Crippen LogP contribution in [0.5, 0.6) is 0 Å². The minimum atomic E-state index is 0.249. The van der Waals surface area contributed by atoms with E-state index in [1.807, 2.05) is 0 Å². The average Bonchev–Trinajstić information content (AvgIpc) is 2.14. The summed E-state index contributed by atoms with van der Waals surface area (Å²) in [6, 6.07) is 0.759. The normalized spacial score (nSPS) is 18.2. The molecule has 0 saturated carbocycles. The fourth-order valence-electron chi connectivity index (χ4n) is 1.65. The summed E-state index contributed by atoms with van der Waals surface area (Å²) in [5.74, 6) is 1.32. The molecule has 14 heavy (non-hydrogen) atoms. The van der Waals surface area contributed by atoms with Crippen LogP contribution in [0.1, 0.15) is 47.5 Å². The third kappa shape index (κ3) is 5.61. The average molecular weight is 201 g/mol. The molecule has 0 radical (unpaired) electrons. The van der Waals surface area contributed by atoms with Crippen LogP contribution in [0.15, 0.2) is 0 Å². The van der Waals surface area contributed by atoms with Crippen molar-refractivity contribution in [3.05, 3.63) is 0 Å². The van der Waals surface area contributed by atoms with E-state index in [4.69, 9.17) is 0 Å². The largest absolute Gasteiger partial charge is 0.395 e. The van der Waals surface area contributed by atoms with E-state index in [9.17, 15) is 5.11 Å². The Morgan fingerprint density at radius 1 is 1.14 bits per heavy atom. The van der Waals surface area contributed by atoms with Gasteiger partial charge in [0.25, 0.3) is 0 Å². The van der Waals surface area contributed by atoms with Gasteiger partial charge in [0.15, 0.2) is 0 Å². The lowest BCUT2D eigenvalue weighted by molar-refractivity contribution is 0.202. The molecule has 0 aliphatic heterocycles. The van der Waals surface area contributed by atoms with Gasteiger partial charge in [0.2, 0.25) is 0 Å². The molecule has 0 bridgehead atoms. The first-order chi connectivity index (χ1) is 6.51. The summed E-state index contributed by atoms with van der Waals surface area (Å²) in [7, 11) is 0. The molecule has 2 nitrogen and oxygen atoms in total. The Morgan fingerprint density at radius 3 is 2.07 bits per heavy atom. The number of nitrogens with one attached hydrogen (secondary N) is 1. The van der Waals surface area contributed by atoms with E-state index < -0.39 is 0 Å². The Labute approximate surface area is 89.1 Å². The highest BCUT2D eigenvalue weighted by atomic mass is 16.3. The van der Waals surface area contributed by atoms with Crippen LogP contribution in [0, 0.1) is 11.8 Å². The minimum absolute atomic E-state index is 0.249.